The molecule has 0 bridgehead atoms. The Morgan fingerprint density at radius 3 is 2.67 bits per heavy atom. The maximum atomic E-state index is 6.01. The monoisotopic (exact) mass is 429 g/mol. The van der Waals surface area contributed by atoms with Gasteiger partial charge >= 0.3 is 0 Å². The summed E-state index contributed by atoms with van der Waals surface area (Å²) in [4.78, 5) is 8.60. The summed E-state index contributed by atoms with van der Waals surface area (Å²) in [6.07, 6.45) is 0.792. The molecule has 0 saturated carbocycles. The molecule has 0 radical (unpaired) electrons. The number of hydrogen-bond acceptors (Lipinski definition) is 6. The highest BCUT2D eigenvalue weighted by molar-refractivity contribution is 6.30. The van der Waals surface area contributed by atoms with E-state index in [0.717, 1.165) is 17.5 Å². The summed E-state index contributed by atoms with van der Waals surface area (Å²) < 4.78 is 15.9. The number of ether oxygens (including phenoxy) is 2. The van der Waals surface area contributed by atoms with E-state index in [-0.39, 0.29) is 0 Å². The average Bonchev–Trinajstić information content (AvgIpc) is 3.25. The van der Waals surface area contributed by atoms with Crippen LogP contribution in [0.4, 0.5) is 0 Å². The van der Waals surface area contributed by atoms with E-state index in [0.29, 0.717) is 47.3 Å². The quantitative estimate of drug-likeness (QED) is 0.419. The Kier molecular flexibility index (Phi) is 7.51. The van der Waals surface area contributed by atoms with Crippen molar-refractivity contribution in [1.82, 2.24) is 20.8 Å². The van der Waals surface area contributed by atoms with E-state index in [2.05, 4.69) is 25.8 Å². The molecule has 2 N–H and O–H groups in total. The van der Waals surface area contributed by atoms with E-state index < -0.39 is 0 Å². The van der Waals surface area contributed by atoms with Crippen molar-refractivity contribution in [2.75, 3.05) is 27.8 Å². The molecule has 3 rings (SSSR count). The van der Waals surface area contributed by atoms with Crippen molar-refractivity contribution in [3.05, 3.63) is 58.9 Å². The van der Waals surface area contributed by atoms with Gasteiger partial charge in [0.2, 0.25) is 11.7 Å². The molecule has 1 heterocycles. The van der Waals surface area contributed by atoms with Gasteiger partial charge in [0.05, 0.1) is 20.8 Å². The second-order valence-corrected chi connectivity index (χ2v) is 6.75. The summed E-state index contributed by atoms with van der Waals surface area (Å²) in [6, 6.07) is 13.2. The van der Waals surface area contributed by atoms with E-state index in [1.54, 1.807) is 33.4 Å². The third-order valence-electron chi connectivity index (χ3n) is 4.34. The minimum Gasteiger partial charge on any atom is -0.493 e. The minimum absolute atomic E-state index is 0.351. The summed E-state index contributed by atoms with van der Waals surface area (Å²) in [5.74, 6) is 3.00. The summed E-state index contributed by atoms with van der Waals surface area (Å²) in [5.41, 5.74) is 1.92. The normalized spacial score (nSPS) is 11.3. The van der Waals surface area contributed by atoms with Gasteiger partial charge < -0.3 is 24.6 Å². The number of methoxy groups -OCH3 is 2. The van der Waals surface area contributed by atoms with Crippen LogP contribution >= 0.6 is 11.6 Å². The van der Waals surface area contributed by atoms with Crippen LogP contribution in [0, 0.1) is 0 Å². The van der Waals surface area contributed by atoms with Gasteiger partial charge in [0.25, 0.3) is 0 Å². The highest BCUT2D eigenvalue weighted by atomic mass is 35.5. The zero-order valence-corrected chi connectivity index (χ0v) is 17.9. The van der Waals surface area contributed by atoms with E-state index in [1.165, 1.54) is 0 Å². The fraction of sp³-hybridized carbons (Fsp3) is 0.286. The Morgan fingerprint density at radius 2 is 1.93 bits per heavy atom. The Balaban J connectivity index is 1.50. The second kappa shape index (κ2) is 10.5. The molecule has 0 fully saturated rings. The van der Waals surface area contributed by atoms with Crippen molar-refractivity contribution >= 4 is 17.6 Å². The predicted molar refractivity (Wildman–Crippen MR) is 116 cm³/mol. The predicted octanol–water partition coefficient (Wildman–Crippen LogP) is 3.31. The number of benzene rings is 2. The molecule has 0 aliphatic heterocycles. The van der Waals surface area contributed by atoms with Crippen LogP contribution in [0.15, 0.2) is 52.0 Å². The Morgan fingerprint density at radius 1 is 1.10 bits per heavy atom. The Labute approximate surface area is 180 Å². The zero-order valence-electron chi connectivity index (χ0n) is 17.1. The molecular weight excluding hydrogens is 406 g/mol. The van der Waals surface area contributed by atoms with Gasteiger partial charge in [-0.05, 0) is 36.2 Å². The van der Waals surface area contributed by atoms with Crippen LogP contribution in [0.2, 0.25) is 5.02 Å². The van der Waals surface area contributed by atoms with Gasteiger partial charge in [0, 0.05) is 24.2 Å². The van der Waals surface area contributed by atoms with Crippen LogP contribution in [0.3, 0.4) is 0 Å². The van der Waals surface area contributed by atoms with Gasteiger partial charge in [-0.1, -0.05) is 35.0 Å². The molecule has 2 aromatic carbocycles. The molecular formula is C21H24ClN5O3. The smallest absolute Gasteiger partial charge is 0.246 e. The van der Waals surface area contributed by atoms with Crippen LogP contribution < -0.4 is 20.1 Å². The van der Waals surface area contributed by atoms with Crippen LogP contribution in [-0.2, 0) is 13.0 Å². The minimum atomic E-state index is 0.351. The van der Waals surface area contributed by atoms with Gasteiger partial charge in [-0.3, -0.25) is 4.99 Å². The SMILES string of the molecule is CN=C(NCCc1ccc(OC)c(OC)c1)NCc1nc(-c2cccc(Cl)c2)no1. The van der Waals surface area contributed by atoms with Crippen molar-refractivity contribution in [1.29, 1.82) is 0 Å². The number of aliphatic imine (C=N–C) groups is 1. The Hall–Kier alpha value is -3.26. The molecule has 158 valence electrons. The van der Waals surface area contributed by atoms with Crippen molar-refractivity contribution in [2.45, 2.75) is 13.0 Å². The lowest BCUT2D eigenvalue weighted by atomic mass is 10.1. The first-order valence-electron chi connectivity index (χ1n) is 9.37. The van der Waals surface area contributed by atoms with Crippen molar-refractivity contribution in [3.8, 4) is 22.9 Å². The molecule has 0 amide bonds. The van der Waals surface area contributed by atoms with Gasteiger partial charge in [0.15, 0.2) is 17.5 Å². The summed E-state index contributed by atoms with van der Waals surface area (Å²) in [6.45, 7) is 1.04. The molecule has 1 aromatic heterocycles. The zero-order chi connectivity index (χ0) is 21.3. The fourth-order valence-electron chi connectivity index (χ4n) is 2.81. The number of hydrogen-bond donors (Lipinski definition) is 2. The molecule has 0 spiro atoms. The summed E-state index contributed by atoms with van der Waals surface area (Å²) >= 11 is 6.01. The van der Waals surface area contributed by atoms with Gasteiger partial charge in [-0.25, -0.2) is 0 Å². The topological polar surface area (TPSA) is 93.8 Å². The first kappa shape index (κ1) is 21.4. The molecule has 3 aromatic rings. The van der Waals surface area contributed by atoms with E-state index in [4.69, 9.17) is 25.6 Å². The largest absolute Gasteiger partial charge is 0.493 e. The van der Waals surface area contributed by atoms with Gasteiger partial charge in [0.1, 0.15) is 0 Å². The standard InChI is InChI=1S/C21H24ClN5O3/c1-23-21(24-10-9-14-7-8-17(28-2)18(11-14)29-3)25-13-19-26-20(27-30-19)15-5-4-6-16(22)12-15/h4-8,11-12H,9-10,13H2,1-3H3,(H2,23,24,25). The molecule has 0 aliphatic carbocycles. The lowest BCUT2D eigenvalue weighted by molar-refractivity contribution is 0.354. The van der Waals surface area contributed by atoms with Crippen molar-refractivity contribution < 1.29 is 14.0 Å². The van der Waals surface area contributed by atoms with Crippen LogP contribution in [-0.4, -0.2) is 43.9 Å². The molecule has 8 nitrogen and oxygen atoms in total. The molecule has 0 atom stereocenters. The number of halogens is 1. The number of nitrogens with one attached hydrogen (secondary N) is 2. The first-order valence-corrected chi connectivity index (χ1v) is 9.74. The highest BCUT2D eigenvalue weighted by Gasteiger charge is 2.10. The molecule has 0 unspecified atom stereocenters. The van der Waals surface area contributed by atoms with Gasteiger partial charge in [-0.2, -0.15) is 4.98 Å². The van der Waals surface area contributed by atoms with Crippen LogP contribution in [0.25, 0.3) is 11.4 Å². The van der Waals surface area contributed by atoms with Crippen molar-refractivity contribution in [2.24, 2.45) is 4.99 Å². The number of aromatic nitrogens is 2. The number of nitrogens with zero attached hydrogens (tertiary/aromatic N) is 3. The molecule has 30 heavy (non-hydrogen) atoms. The van der Waals surface area contributed by atoms with Crippen molar-refractivity contribution in [3.63, 3.8) is 0 Å². The lowest BCUT2D eigenvalue weighted by Gasteiger charge is -2.12. The molecule has 9 heteroatoms. The number of rotatable bonds is 8. The maximum Gasteiger partial charge on any atom is 0.246 e. The van der Waals surface area contributed by atoms with E-state index in [1.807, 2.05) is 30.3 Å². The van der Waals surface area contributed by atoms with E-state index in [9.17, 15) is 0 Å². The van der Waals surface area contributed by atoms with Gasteiger partial charge in [-0.15, -0.1) is 0 Å². The molecule has 0 saturated heterocycles. The fourth-order valence-corrected chi connectivity index (χ4v) is 3.00. The first-order chi connectivity index (χ1) is 14.6. The lowest BCUT2D eigenvalue weighted by Crippen LogP contribution is -2.37. The average molecular weight is 430 g/mol. The number of guanidine groups is 1. The van der Waals surface area contributed by atoms with Crippen LogP contribution in [0.5, 0.6) is 11.5 Å². The highest BCUT2D eigenvalue weighted by Crippen LogP contribution is 2.27. The summed E-state index contributed by atoms with van der Waals surface area (Å²) in [5, 5.41) is 11.0. The third kappa shape index (κ3) is 5.64. The summed E-state index contributed by atoms with van der Waals surface area (Å²) in [7, 11) is 4.95. The third-order valence-corrected chi connectivity index (χ3v) is 4.57. The van der Waals surface area contributed by atoms with E-state index >= 15 is 0 Å². The Bertz CT molecular complexity index is 1010. The molecule has 0 aliphatic rings. The second-order valence-electron chi connectivity index (χ2n) is 6.31. The maximum absolute atomic E-state index is 6.01. The van der Waals surface area contributed by atoms with Crippen LogP contribution in [0.1, 0.15) is 11.5 Å².